The Balaban J connectivity index is 1.68. The largest absolute Gasteiger partial charge is 0.347 e. The lowest BCUT2D eigenvalue weighted by molar-refractivity contribution is -0.121. The molecule has 0 bridgehead atoms. The van der Waals surface area contributed by atoms with E-state index < -0.39 is 0 Å². The van der Waals surface area contributed by atoms with Crippen LogP contribution < -0.4 is 10.9 Å². The number of hydrogen-bond acceptors (Lipinski definition) is 6. The number of nitrogens with one attached hydrogen (secondary N) is 1. The Morgan fingerprint density at radius 2 is 2.12 bits per heavy atom. The Labute approximate surface area is 157 Å². The lowest BCUT2D eigenvalue weighted by Crippen LogP contribution is -2.32. The maximum absolute atomic E-state index is 12.5. The zero-order valence-corrected chi connectivity index (χ0v) is 16.2. The third kappa shape index (κ3) is 3.98. The summed E-state index contributed by atoms with van der Waals surface area (Å²) in [4.78, 5) is 33.1. The van der Waals surface area contributed by atoms with Crippen molar-refractivity contribution in [1.82, 2.24) is 25.0 Å². The molecule has 0 unspecified atom stereocenters. The van der Waals surface area contributed by atoms with Crippen LogP contribution in [0.25, 0.3) is 10.9 Å². The van der Waals surface area contributed by atoms with Crippen LogP contribution in [0.1, 0.15) is 32.5 Å². The van der Waals surface area contributed by atoms with Gasteiger partial charge in [0.05, 0.1) is 23.8 Å². The van der Waals surface area contributed by atoms with Crippen LogP contribution in [0.3, 0.4) is 0 Å². The minimum atomic E-state index is -0.342. The first-order valence-electron chi connectivity index (χ1n) is 7.98. The SMILES string of the molecule is CC(C)(C)c1nc(CNC(=O)Cn2cnc3ccc(Br)cc3c2=O)no1. The van der Waals surface area contributed by atoms with E-state index in [1.807, 2.05) is 26.8 Å². The molecule has 0 spiro atoms. The van der Waals surface area contributed by atoms with E-state index >= 15 is 0 Å². The Morgan fingerprint density at radius 3 is 2.81 bits per heavy atom. The highest BCUT2D eigenvalue weighted by Gasteiger charge is 2.21. The van der Waals surface area contributed by atoms with Gasteiger partial charge >= 0.3 is 0 Å². The number of rotatable bonds is 4. The van der Waals surface area contributed by atoms with E-state index in [9.17, 15) is 9.59 Å². The summed E-state index contributed by atoms with van der Waals surface area (Å²) in [6, 6.07) is 5.24. The van der Waals surface area contributed by atoms with E-state index in [0.29, 0.717) is 22.6 Å². The lowest BCUT2D eigenvalue weighted by atomic mass is 9.97. The minimum absolute atomic E-state index is 0.125. The van der Waals surface area contributed by atoms with Gasteiger partial charge in [0, 0.05) is 9.89 Å². The van der Waals surface area contributed by atoms with Gasteiger partial charge in [-0.2, -0.15) is 4.98 Å². The maximum atomic E-state index is 12.5. The van der Waals surface area contributed by atoms with Crippen molar-refractivity contribution in [3.63, 3.8) is 0 Å². The number of halogens is 1. The van der Waals surface area contributed by atoms with Crippen LogP contribution in [0.15, 0.2) is 38.3 Å². The molecule has 0 saturated heterocycles. The zero-order valence-electron chi connectivity index (χ0n) is 14.6. The number of benzene rings is 1. The second kappa shape index (κ2) is 6.99. The highest BCUT2D eigenvalue weighted by molar-refractivity contribution is 9.10. The Kier molecular flexibility index (Phi) is 4.90. The third-order valence-electron chi connectivity index (χ3n) is 3.65. The van der Waals surface area contributed by atoms with Crippen LogP contribution in [0.4, 0.5) is 0 Å². The average Bonchev–Trinajstić information content (AvgIpc) is 3.05. The average molecular weight is 420 g/mol. The first-order chi connectivity index (χ1) is 12.2. The maximum Gasteiger partial charge on any atom is 0.261 e. The number of carbonyl (C=O) groups excluding carboxylic acids is 1. The number of aromatic nitrogens is 4. The van der Waals surface area contributed by atoms with Crippen molar-refractivity contribution >= 4 is 32.7 Å². The predicted octanol–water partition coefficient (Wildman–Crippen LogP) is 2.16. The molecular formula is C17H18BrN5O3. The molecule has 0 aliphatic heterocycles. The topological polar surface area (TPSA) is 103 Å². The molecule has 0 radical (unpaired) electrons. The molecule has 2 heterocycles. The first-order valence-corrected chi connectivity index (χ1v) is 8.78. The summed E-state index contributed by atoms with van der Waals surface area (Å²) >= 11 is 3.33. The van der Waals surface area contributed by atoms with Gasteiger partial charge in [-0.3, -0.25) is 14.2 Å². The molecule has 8 nitrogen and oxygen atoms in total. The summed E-state index contributed by atoms with van der Waals surface area (Å²) < 4.78 is 7.22. The van der Waals surface area contributed by atoms with Crippen molar-refractivity contribution in [1.29, 1.82) is 0 Å². The van der Waals surface area contributed by atoms with Crippen LogP contribution in [-0.4, -0.2) is 25.6 Å². The fourth-order valence-electron chi connectivity index (χ4n) is 2.26. The van der Waals surface area contributed by atoms with E-state index in [1.165, 1.54) is 10.9 Å². The number of nitrogens with zero attached hydrogens (tertiary/aromatic N) is 4. The summed E-state index contributed by atoms with van der Waals surface area (Å²) in [5, 5.41) is 6.97. The molecule has 136 valence electrons. The van der Waals surface area contributed by atoms with Gasteiger partial charge in [0.2, 0.25) is 11.8 Å². The van der Waals surface area contributed by atoms with Gasteiger partial charge in [0.15, 0.2) is 5.82 Å². The summed E-state index contributed by atoms with van der Waals surface area (Å²) in [5.41, 5.74) is 0.0468. The van der Waals surface area contributed by atoms with Crippen molar-refractivity contribution in [2.24, 2.45) is 0 Å². The van der Waals surface area contributed by atoms with Crippen molar-refractivity contribution in [3.05, 3.63) is 51.1 Å². The van der Waals surface area contributed by atoms with Gasteiger partial charge in [0.1, 0.15) is 6.54 Å². The van der Waals surface area contributed by atoms with Gasteiger partial charge in [-0.05, 0) is 18.2 Å². The minimum Gasteiger partial charge on any atom is -0.347 e. The van der Waals surface area contributed by atoms with Gasteiger partial charge < -0.3 is 9.84 Å². The molecular weight excluding hydrogens is 402 g/mol. The second-order valence-electron chi connectivity index (χ2n) is 6.88. The summed E-state index contributed by atoms with van der Waals surface area (Å²) in [6.45, 7) is 5.86. The molecule has 3 rings (SSSR count). The van der Waals surface area contributed by atoms with Crippen LogP contribution in [-0.2, 0) is 23.3 Å². The van der Waals surface area contributed by atoms with E-state index in [4.69, 9.17) is 4.52 Å². The Morgan fingerprint density at radius 1 is 1.35 bits per heavy atom. The second-order valence-corrected chi connectivity index (χ2v) is 7.80. The van der Waals surface area contributed by atoms with E-state index in [1.54, 1.807) is 12.1 Å². The number of hydrogen-bond donors (Lipinski definition) is 1. The molecule has 2 aromatic heterocycles. The molecule has 9 heteroatoms. The molecule has 0 aliphatic carbocycles. The van der Waals surface area contributed by atoms with Crippen molar-refractivity contribution in [2.45, 2.75) is 39.3 Å². The predicted molar refractivity (Wildman–Crippen MR) is 98.5 cm³/mol. The smallest absolute Gasteiger partial charge is 0.261 e. The molecule has 3 aromatic rings. The van der Waals surface area contributed by atoms with Crippen LogP contribution in [0.2, 0.25) is 0 Å². The molecule has 1 amide bonds. The molecule has 1 aromatic carbocycles. The Hall–Kier alpha value is -2.55. The molecule has 1 N–H and O–H groups in total. The third-order valence-corrected chi connectivity index (χ3v) is 4.15. The van der Waals surface area contributed by atoms with Gasteiger partial charge in [-0.1, -0.05) is 41.9 Å². The number of fused-ring (bicyclic) bond motifs is 1. The van der Waals surface area contributed by atoms with Gasteiger partial charge in [0.25, 0.3) is 5.56 Å². The highest BCUT2D eigenvalue weighted by atomic mass is 79.9. The van der Waals surface area contributed by atoms with E-state index in [2.05, 4.69) is 36.4 Å². The normalized spacial score (nSPS) is 11.7. The summed E-state index contributed by atoms with van der Waals surface area (Å²) in [5.74, 6) is 0.545. The van der Waals surface area contributed by atoms with Crippen LogP contribution in [0.5, 0.6) is 0 Å². The van der Waals surface area contributed by atoms with Crippen LogP contribution in [0, 0.1) is 0 Å². The number of amides is 1. The van der Waals surface area contributed by atoms with Crippen LogP contribution >= 0.6 is 15.9 Å². The fourth-order valence-corrected chi connectivity index (χ4v) is 2.62. The number of carbonyl (C=O) groups is 1. The lowest BCUT2D eigenvalue weighted by Gasteiger charge is -2.10. The van der Waals surface area contributed by atoms with Crippen molar-refractivity contribution in [3.8, 4) is 0 Å². The van der Waals surface area contributed by atoms with Gasteiger partial charge in [-0.15, -0.1) is 0 Å². The summed E-state index contributed by atoms with van der Waals surface area (Å²) in [7, 11) is 0. The first kappa shape index (κ1) is 18.2. The molecule has 0 atom stereocenters. The summed E-state index contributed by atoms with van der Waals surface area (Å²) in [6.07, 6.45) is 1.37. The molecule has 26 heavy (non-hydrogen) atoms. The highest BCUT2D eigenvalue weighted by Crippen LogP contribution is 2.19. The zero-order chi connectivity index (χ0) is 18.9. The Bertz CT molecular complexity index is 1020. The molecule has 0 saturated carbocycles. The quantitative estimate of drug-likeness (QED) is 0.694. The van der Waals surface area contributed by atoms with Gasteiger partial charge in [-0.25, -0.2) is 4.98 Å². The molecule has 0 fully saturated rings. The molecule has 0 aliphatic rings. The fraction of sp³-hybridized carbons (Fsp3) is 0.353. The van der Waals surface area contributed by atoms with E-state index in [0.717, 1.165) is 4.47 Å². The van der Waals surface area contributed by atoms with Crippen molar-refractivity contribution < 1.29 is 9.32 Å². The van der Waals surface area contributed by atoms with E-state index in [-0.39, 0.29) is 30.0 Å². The monoisotopic (exact) mass is 419 g/mol. The standard InChI is InChI=1S/C17H18BrN5O3/c1-17(2,3)16-21-13(22-26-16)7-19-14(24)8-23-9-20-12-5-4-10(18)6-11(12)15(23)25/h4-6,9H,7-8H2,1-3H3,(H,19,24). The van der Waals surface area contributed by atoms with Crippen molar-refractivity contribution in [2.75, 3.05) is 0 Å².